The van der Waals surface area contributed by atoms with E-state index >= 15 is 0 Å². The zero-order chi connectivity index (χ0) is 14.2. The molecule has 20 heavy (non-hydrogen) atoms. The minimum Gasteiger partial charge on any atom is -0.380 e. The lowest BCUT2D eigenvalue weighted by atomic mass is 10.3. The second-order valence-corrected chi connectivity index (χ2v) is 5.31. The lowest BCUT2D eigenvalue weighted by Gasteiger charge is -2.36. The van der Waals surface area contributed by atoms with Gasteiger partial charge in [-0.3, -0.25) is 14.6 Å². The molecule has 0 aromatic rings. The molecular weight excluding hydrogens is 258 g/mol. The van der Waals surface area contributed by atoms with Crippen LogP contribution in [0.25, 0.3) is 0 Å². The highest BCUT2D eigenvalue weighted by molar-refractivity contribution is 5.78. The smallest absolute Gasteiger partial charge is 0.236 e. The predicted molar refractivity (Wildman–Crippen MR) is 76.8 cm³/mol. The van der Waals surface area contributed by atoms with Gasteiger partial charge >= 0.3 is 0 Å². The van der Waals surface area contributed by atoms with Crippen LogP contribution in [0.5, 0.6) is 0 Å². The maximum atomic E-state index is 12.2. The number of ether oxygens (including phenoxy) is 2. The van der Waals surface area contributed by atoms with E-state index in [1.165, 1.54) is 0 Å². The summed E-state index contributed by atoms with van der Waals surface area (Å²) in [6.45, 7) is 12.0. The Bertz CT molecular complexity index is 287. The number of carbonyl (C=O) groups excluding carboxylic acids is 1. The van der Waals surface area contributed by atoms with Gasteiger partial charge in [0.25, 0.3) is 0 Å². The van der Waals surface area contributed by atoms with Gasteiger partial charge in [0.15, 0.2) is 0 Å². The number of carbonyl (C=O) groups is 1. The van der Waals surface area contributed by atoms with E-state index in [1.807, 2.05) is 11.8 Å². The quantitative estimate of drug-likeness (QED) is 0.616. The Morgan fingerprint density at radius 3 is 2.40 bits per heavy atom. The van der Waals surface area contributed by atoms with Crippen molar-refractivity contribution in [2.75, 3.05) is 78.8 Å². The molecule has 0 N–H and O–H groups in total. The molecule has 6 nitrogen and oxygen atoms in total. The van der Waals surface area contributed by atoms with Gasteiger partial charge in [-0.2, -0.15) is 0 Å². The summed E-state index contributed by atoms with van der Waals surface area (Å²) in [6.07, 6.45) is 0. The van der Waals surface area contributed by atoms with E-state index in [0.717, 1.165) is 72.2 Å². The maximum absolute atomic E-state index is 12.2. The third-order valence-corrected chi connectivity index (χ3v) is 3.94. The van der Waals surface area contributed by atoms with Crippen LogP contribution < -0.4 is 0 Å². The molecule has 0 unspecified atom stereocenters. The van der Waals surface area contributed by atoms with Crippen molar-refractivity contribution in [3.05, 3.63) is 0 Å². The van der Waals surface area contributed by atoms with Crippen LogP contribution in [0.3, 0.4) is 0 Å². The molecule has 0 aliphatic carbocycles. The summed E-state index contributed by atoms with van der Waals surface area (Å²) in [5.41, 5.74) is 0. The van der Waals surface area contributed by atoms with Crippen LogP contribution in [0, 0.1) is 0 Å². The van der Waals surface area contributed by atoms with Gasteiger partial charge in [-0.1, -0.05) is 0 Å². The predicted octanol–water partition coefficient (Wildman–Crippen LogP) is -0.501. The first-order valence-electron chi connectivity index (χ1n) is 7.67. The number of hydrogen-bond acceptors (Lipinski definition) is 5. The molecule has 1 amide bonds. The fraction of sp³-hybridized carbons (Fsp3) is 0.929. The zero-order valence-electron chi connectivity index (χ0n) is 12.6. The Kier molecular flexibility index (Phi) is 6.72. The Morgan fingerprint density at radius 2 is 1.75 bits per heavy atom. The molecule has 0 aromatic carbocycles. The SMILES string of the molecule is CCOCCN1CCN(C(=O)CN2CCOCC2)CC1. The van der Waals surface area contributed by atoms with Gasteiger partial charge in [-0.25, -0.2) is 0 Å². The average molecular weight is 285 g/mol. The van der Waals surface area contributed by atoms with Gasteiger partial charge < -0.3 is 14.4 Å². The highest BCUT2D eigenvalue weighted by atomic mass is 16.5. The molecule has 0 spiro atoms. The number of amides is 1. The maximum Gasteiger partial charge on any atom is 0.236 e. The fourth-order valence-electron chi connectivity index (χ4n) is 2.61. The summed E-state index contributed by atoms with van der Waals surface area (Å²) in [7, 11) is 0. The van der Waals surface area contributed by atoms with Gasteiger partial charge in [-0.05, 0) is 6.92 Å². The van der Waals surface area contributed by atoms with Crippen molar-refractivity contribution in [1.82, 2.24) is 14.7 Å². The van der Waals surface area contributed by atoms with Gasteiger partial charge in [0.2, 0.25) is 5.91 Å². The van der Waals surface area contributed by atoms with Gasteiger partial charge in [0.1, 0.15) is 0 Å². The van der Waals surface area contributed by atoms with Crippen molar-refractivity contribution in [3.63, 3.8) is 0 Å². The molecular formula is C14H27N3O3. The van der Waals surface area contributed by atoms with E-state index < -0.39 is 0 Å². The second-order valence-electron chi connectivity index (χ2n) is 5.31. The molecule has 2 aliphatic rings. The first kappa shape index (κ1) is 15.7. The first-order valence-corrected chi connectivity index (χ1v) is 7.67. The van der Waals surface area contributed by atoms with E-state index in [2.05, 4.69) is 9.80 Å². The van der Waals surface area contributed by atoms with Gasteiger partial charge in [0, 0.05) is 52.4 Å². The van der Waals surface area contributed by atoms with Crippen LogP contribution in [0.1, 0.15) is 6.92 Å². The monoisotopic (exact) mass is 285 g/mol. The number of nitrogens with zero attached hydrogens (tertiary/aromatic N) is 3. The minimum atomic E-state index is 0.261. The van der Waals surface area contributed by atoms with E-state index in [1.54, 1.807) is 0 Å². The molecule has 2 saturated heterocycles. The summed E-state index contributed by atoms with van der Waals surface area (Å²) in [4.78, 5) is 18.8. The second kappa shape index (κ2) is 8.56. The van der Waals surface area contributed by atoms with Crippen molar-refractivity contribution in [1.29, 1.82) is 0 Å². The largest absolute Gasteiger partial charge is 0.380 e. The fourth-order valence-corrected chi connectivity index (χ4v) is 2.61. The summed E-state index contributed by atoms with van der Waals surface area (Å²) in [5, 5.41) is 0. The molecule has 2 aliphatic heterocycles. The van der Waals surface area contributed by atoms with E-state index in [0.29, 0.717) is 6.54 Å². The van der Waals surface area contributed by atoms with Crippen LogP contribution in [0.4, 0.5) is 0 Å². The van der Waals surface area contributed by atoms with E-state index in [4.69, 9.17) is 9.47 Å². The Labute approximate surface area is 121 Å². The normalized spacial score (nSPS) is 22.1. The molecule has 0 aromatic heterocycles. The van der Waals surface area contributed by atoms with Crippen molar-refractivity contribution in [2.24, 2.45) is 0 Å². The number of rotatable bonds is 6. The number of hydrogen-bond donors (Lipinski definition) is 0. The highest BCUT2D eigenvalue weighted by Gasteiger charge is 2.23. The summed E-state index contributed by atoms with van der Waals surface area (Å²) < 4.78 is 10.7. The summed E-state index contributed by atoms with van der Waals surface area (Å²) in [5.74, 6) is 0.261. The molecule has 0 atom stereocenters. The van der Waals surface area contributed by atoms with Crippen molar-refractivity contribution in [2.45, 2.75) is 6.92 Å². The van der Waals surface area contributed by atoms with Crippen LogP contribution in [-0.4, -0.2) is 99.4 Å². The Balaban J connectivity index is 1.63. The number of morpholine rings is 1. The Hall–Kier alpha value is -0.690. The topological polar surface area (TPSA) is 45.2 Å². The highest BCUT2D eigenvalue weighted by Crippen LogP contribution is 2.04. The molecule has 0 bridgehead atoms. The van der Waals surface area contributed by atoms with Crippen molar-refractivity contribution < 1.29 is 14.3 Å². The van der Waals surface area contributed by atoms with Crippen molar-refractivity contribution in [3.8, 4) is 0 Å². The Morgan fingerprint density at radius 1 is 1.05 bits per heavy atom. The standard InChI is InChI=1S/C14H27N3O3/c1-2-19-10-7-15-3-5-17(6-4-15)14(18)13-16-8-11-20-12-9-16/h2-13H2,1H3. The number of piperazine rings is 1. The summed E-state index contributed by atoms with van der Waals surface area (Å²) in [6, 6.07) is 0. The van der Waals surface area contributed by atoms with Crippen LogP contribution in [0.2, 0.25) is 0 Å². The van der Waals surface area contributed by atoms with E-state index in [-0.39, 0.29) is 5.91 Å². The lowest BCUT2D eigenvalue weighted by Crippen LogP contribution is -2.52. The average Bonchev–Trinajstić information content (AvgIpc) is 2.49. The van der Waals surface area contributed by atoms with E-state index in [9.17, 15) is 4.79 Å². The van der Waals surface area contributed by atoms with Gasteiger partial charge in [0.05, 0.1) is 26.4 Å². The lowest BCUT2D eigenvalue weighted by molar-refractivity contribution is -0.135. The molecule has 2 heterocycles. The van der Waals surface area contributed by atoms with Crippen LogP contribution in [-0.2, 0) is 14.3 Å². The van der Waals surface area contributed by atoms with Crippen molar-refractivity contribution >= 4 is 5.91 Å². The zero-order valence-corrected chi connectivity index (χ0v) is 12.6. The molecule has 2 fully saturated rings. The summed E-state index contributed by atoms with van der Waals surface area (Å²) >= 11 is 0. The third kappa shape index (κ3) is 5.01. The van der Waals surface area contributed by atoms with Crippen LogP contribution in [0.15, 0.2) is 0 Å². The molecule has 2 rings (SSSR count). The van der Waals surface area contributed by atoms with Crippen LogP contribution >= 0.6 is 0 Å². The molecule has 0 radical (unpaired) electrons. The minimum absolute atomic E-state index is 0.261. The third-order valence-electron chi connectivity index (χ3n) is 3.94. The molecule has 0 saturated carbocycles. The first-order chi connectivity index (χ1) is 9.79. The molecule has 116 valence electrons. The van der Waals surface area contributed by atoms with Gasteiger partial charge in [-0.15, -0.1) is 0 Å². The molecule has 6 heteroatoms.